The van der Waals surface area contributed by atoms with Gasteiger partial charge in [-0.1, -0.05) is 24.1 Å². The molecule has 8 atom stereocenters. The zero-order valence-electron chi connectivity index (χ0n) is 37.0. The van der Waals surface area contributed by atoms with Gasteiger partial charge in [-0.15, -0.1) is 0 Å². The summed E-state index contributed by atoms with van der Waals surface area (Å²) in [6.45, 7) is 4.52. The number of Topliss-reactive ketones (excluding diaryl/α,β-unsaturated/α-hetero) is 1. The average Bonchev–Trinajstić information content (AvgIpc) is 3.97. The Bertz CT molecular complexity index is 2360. The summed E-state index contributed by atoms with van der Waals surface area (Å²) in [4.78, 5) is 48.7. The number of aldehydes is 1. The lowest BCUT2D eigenvalue weighted by Gasteiger charge is -2.51. The second-order valence-corrected chi connectivity index (χ2v) is 18.8. The van der Waals surface area contributed by atoms with Gasteiger partial charge < -0.3 is 49.0 Å². The number of esters is 1. The minimum Gasteiger partial charge on any atom is -0.489 e. The molecule has 14 heteroatoms. The maximum Gasteiger partial charge on any atom is 0.375 e. The van der Waals surface area contributed by atoms with Crippen LogP contribution in [0.2, 0.25) is 0 Å². The number of aliphatic hydroxyl groups excluding tert-OH is 3. The molecular formula is C50H62N2O12. The summed E-state index contributed by atoms with van der Waals surface area (Å²) in [5.74, 6) is -1.99. The van der Waals surface area contributed by atoms with E-state index in [1.807, 2.05) is 24.3 Å². The number of aliphatic hydroxyl groups is 4. The third kappa shape index (κ3) is 8.12. The molecular weight excluding hydrogens is 821 g/mol. The average molecular weight is 883 g/mol. The molecule has 4 aliphatic heterocycles. The Kier molecular flexibility index (Phi) is 13.2. The number of fused-ring (bicyclic) bond motifs is 4. The van der Waals surface area contributed by atoms with Crippen molar-refractivity contribution in [1.82, 2.24) is 4.90 Å². The highest BCUT2D eigenvalue weighted by Crippen LogP contribution is 2.58. The molecule has 4 fully saturated rings. The minimum absolute atomic E-state index is 0.00670. The van der Waals surface area contributed by atoms with E-state index in [1.54, 1.807) is 14.0 Å². The molecule has 4 heterocycles. The first kappa shape index (κ1) is 44.7. The van der Waals surface area contributed by atoms with Crippen LogP contribution in [0.15, 0.2) is 40.1 Å². The smallest absolute Gasteiger partial charge is 0.375 e. The Hall–Kier alpha value is -4.44. The molecule has 9 rings (SSSR count). The van der Waals surface area contributed by atoms with Crippen LogP contribution in [0.1, 0.15) is 106 Å². The van der Waals surface area contributed by atoms with Crippen LogP contribution in [-0.4, -0.2) is 120 Å². The molecule has 4 N–H and O–H groups in total. The van der Waals surface area contributed by atoms with E-state index in [2.05, 4.69) is 9.89 Å². The summed E-state index contributed by atoms with van der Waals surface area (Å²) in [7, 11) is 1.72. The number of nitrogens with zero attached hydrogens (tertiary/aromatic N) is 2. The maximum absolute atomic E-state index is 14.2. The van der Waals surface area contributed by atoms with Crippen LogP contribution in [0.4, 0.5) is 0 Å². The van der Waals surface area contributed by atoms with Crippen molar-refractivity contribution in [1.29, 1.82) is 0 Å². The van der Waals surface area contributed by atoms with Crippen molar-refractivity contribution in [3.63, 3.8) is 0 Å². The Labute approximate surface area is 373 Å². The SMILES string of the molecule is CCOC(=O)C1=C(C=O)/C(=C2\C[C@@H](CO)C(=O)[C@H](c3ccc4c(c3)=CCN=4)C2)c2c(c(CO)c3c(c2O[C@@H]2CCC[C@H](O)C2)C[C@@H]([C@@]2(O)CCC[C@@H]4CN(CCCOC)CC[C@@H]42)O3)O1. The van der Waals surface area contributed by atoms with E-state index in [1.165, 1.54) is 0 Å². The second kappa shape index (κ2) is 18.8. The molecule has 2 aromatic rings. The van der Waals surface area contributed by atoms with Crippen molar-refractivity contribution < 1.29 is 58.5 Å². The highest BCUT2D eigenvalue weighted by atomic mass is 16.6. The number of piperidine rings is 1. The zero-order valence-corrected chi connectivity index (χ0v) is 37.0. The predicted molar refractivity (Wildman–Crippen MR) is 234 cm³/mol. The van der Waals surface area contributed by atoms with Crippen LogP contribution >= 0.6 is 0 Å². The van der Waals surface area contributed by atoms with Crippen molar-refractivity contribution >= 4 is 29.7 Å². The van der Waals surface area contributed by atoms with Gasteiger partial charge in [0.05, 0.1) is 54.5 Å². The van der Waals surface area contributed by atoms with E-state index in [0.717, 1.165) is 67.9 Å². The van der Waals surface area contributed by atoms with E-state index in [-0.39, 0.29) is 66.1 Å². The Morgan fingerprint density at radius 2 is 1.95 bits per heavy atom. The first-order valence-electron chi connectivity index (χ1n) is 23.4. The summed E-state index contributed by atoms with van der Waals surface area (Å²) < 4.78 is 31.3. The number of benzene rings is 2. The first-order chi connectivity index (χ1) is 31.1. The van der Waals surface area contributed by atoms with E-state index in [9.17, 15) is 34.8 Å². The topological polar surface area (TPSA) is 194 Å². The van der Waals surface area contributed by atoms with Crippen molar-refractivity contribution in [3.8, 4) is 17.2 Å². The van der Waals surface area contributed by atoms with E-state index >= 15 is 0 Å². The second-order valence-electron chi connectivity index (χ2n) is 18.8. The molecule has 0 amide bonds. The van der Waals surface area contributed by atoms with E-state index in [0.29, 0.717) is 78.9 Å². The van der Waals surface area contributed by atoms with E-state index in [4.69, 9.17) is 23.7 Å². The lowest BCUT2D eigenvalue weighted by molar-refractivity contribution is -0.151. The van der Waals surface area contributed by atoms with Crippen LogP contribution < -0.4 is 24.8 Å². The molecule has 0 aromatic heterocycles. The third-order valence-electron chi connectivity index (χ3n) is 15.1. The number of carbonyl (C=O) groups is 3. The zero-order chi connectivity index (χ0) is 44.7. The molecule has 0 spiro atoms. The number of ketones is 1. The van der Waals surface area contributed by atoms with Crippen LogP contribution in [0.5, 0.6) is 17.2 Å². The number of likely N-dealkylation sites (tertiary alicyclic amines) is 1. The highest BCUT2D eigenvalue weighted by Gasteiger charge is 2.55. The normalized spacial score (nSPS) is 31.1. The highest BCUT2D eigenvalue weighted by molar-refractivity contribution is 6.11. The third-order valence-corrected chi connectivity index (χ3v) is 15.1. The molecule has 3 saturated carbocycles. The van der Waals surface area contributed by atoms with Crippen LogP contribution in [0.25, 0.3) is 11.6 Å². The fourth-order valence-corrected chi connectivity index (χ4v) is 12.0. The van der Waals surface area contributed by atoms with Gasteiger partial charge in [-0.2, -0.15) is 0 Å². The number of hydrogen-bond acceptors (Lipinski definition) is 14. The summed E-state index contributed by atoms with van der Waals surface area (Å²) in [5.41, 5.74) is 1.57. The summed E-state index contributed by atoms with van der Waals surface area (Å²) in [6.07, 6.45) is 7.75. The van der Waals surface area contributed by atoms with Gasteiger partial charge >= 0.3 is 5.97 Å². The minimum atomic E-state index is -1.21. The lowest BCUT2D eigenvalue weighted by Crippen LogP contribution is -2.59. The van der Waals surface area contributed by atoms with Crippen molar-refractivity contribution in [2.75, 3.05) is 53.1 Å². The molecule has 344 valence electrons. The van der Waals surface area contributed by atoms with Gasteiger partial charge in [0.25, 0.3) is 0 Å². The molecule has 14 nitrogen and oxygen atoms in total. The summed E-state index contributed by atoms with van der Waals surface area (Å²) in [6, 6.07) is 5.73. The molecule has 3 aliphatic carbocycles. The van der Waals surface area contributed by atoms with Gasteiger partial charge in [-0.25, -0.2) is 4.79 Å². The van der Waals surface area contributed by atoms with Gasteiger partial charge in [-0.05, 0) is 106 Å². The number of rotatable bonds is 13. The molecule has 7 aliphatic rings. The Morgan fingerprint density at radius 3 is 2.72 bits per heavy atom. The van der Waals surface area contributed by atoms with Crippen molar-refractivity contribution in [3.05, 3.63) is 67.9 Å². The molecule has 64 heavy (non-hydrogen) atoms. The molecule has 2 aromatic carbocycles. The fraction of sp³-hybridized carbons (Fsp3) is 0.600. The van der Waals surface area contributed by atoms with Gasteiger partial charge in [0.2, 0.25) is 5.76 Å². The quantitative estimate of drug-likeness (QED) is 0.130. The first-order valence-corrected chi connectivity index (χ1v) is 23.4. The number of allylic oxidation sites excluding steroid dienone is 3. The number of hydrogen-bond donors (Lipinski definition) is 4. The Morgan fingerprint density at radius 1 is 1.09 bits per heavy atom. The van der Waals surface area contributed by atoms with Gasteiger partial charge in [0, 0.05) is 62.6 Å². The molecule has 0 bridgehead atoms. The van der Waals surface area contributed by atoms with Crippen LogP contribution in [0.3, 0.4) is 0 Å². The monoisotopic (exact) mass is 882 g/mol. The van der Waals surface area contributed by atoms with Gasteiger partial charge in [-0.3, -0.25) is 14.6 Å². The van der Waals surface area contributed by atoms with Gasteiger partial charge in [0.15, 0.2) is 6.29 Å². The predicted octanol–water partition coefficient (Wildman–Crippen LogP) is 3.39. The lowest BCUT2D eigenvalue weighted by atomic mass is 9.63. The number of ether oxygens (including phenoxy) is 5. The fourth-order valence-electron chi connectivity index (χ4n) is 12.0. The summed E-state index contributed by atoms with van der Waals surface area (Å²) in [5, 5.41) is 47.8. The van der Waals surface area contributed by atoms with E-state index < -0.39 is 54.9 Å². The largest absolute Gasteiger partial charge is 0.489 e. The van der Waals surface area contributed by atoms with Crippen LogP contribution in [0, 0.1) is 17.8 Å². The molecule has 1 saturated heterocycles. The molecule has 0 unspecified atom stereocenters. The summed E-state index contributed by atoms with van der Waals surface area (Å²) >= 11 is 0. The van der Waals surface area contributed by atoms with Crippen molar-refractivity contribution in [2.24, 2.45) is 22.7 Å². The maximum atomic E-state index is 14.2. The number of carbonyl (C=O) groups excluding carboxylic acids is 3. The number of methoxy groups -OCH3 is 1. The molecule has 0 radical (unpaired) electrons. The van der Waals surface area contributed by atoms with Crippen molar-refractivity contribution in [2.45, 2.75) is 120 Å². The standard InChI is InChI=1S/C50H62N2O12/c1-3-61-49(58)48-37(26-54)42(31-20-32(25-53)44(57)35(21-31)28-10-11-40-29(19-28)12-15-51-40)43-46(62-34-9-4-8-33(56)22-34)36-23-41(63-45(36)38(27-55)47(43)64-48)50(59)14-5-7-30-24-52(16-6-18-60-2)17-13-39(30)50/h10-12,19,26,30,32-35,39,41,53,55-56,59H,3-9,13-18,20-25,27H2,1-2H3/b42-31-/t30-,32+,33+,34-,35+,39+,41+,50-/m1/s1. The van der Waals surface area contributed by atoms with Crippen LogP contribution in [-0.2, 0) is 36.9 Å². The van der Waals surface area contributed by atoms with Gasteiger partial charge in [0.1, 0.15) is 40.8 Å². The Balaban J connectivity index is 1.21.